The van der Waals surface area contributed by atoms with Crippen LogP contribution in [0, 0.1) is 11.8 Å². The van der Waals surface area contributed by atoms with E-state index >= 15 is 0 Å². The lowest BCUT2D eigenvalue weighted by molar-refractivity contribution is -0.137. The Hall–Kier alpha value is -2.16. The first-order valence-corrected chi connectivity index (χ1v) is 11.5. The second-order valence-electron chi connectivity index (χ2n) is 8.39. The van der Waals surface area contributed by atoms with Crippen molar-refractivity contribution in [2.45, 2.75) is 38.0 Å². The summed E-state index contributed by atoms with van der Waals surface area (Å²) in [6.45, 7) is 4.38. The van der Waals surface area contributed by atoms with Crippen molar-refractivity contribution >= 4 is 32.6 Å². The Morgan fingerprint density at radius 1 is 1.32 bits per heavy atom. The van der Waals surface area contributed by atoms with Gasteiger partial charge in [-0.2, -0.15) is 0 Å². The van der Waals surface area contributed by atoms with Crippen LogP contribution in [0.2, 0.25) is 0 Å². The summed E-state index contributed by atoms with van der Waals surface area (Å²) < 4.78 is 25.3. The van der Waals surface area contributed by atoms with E-state index in [-0.39, 0.29) is 29.5 Å². The van der Waals surface area contributed by atoms with Crippen LogP contribution in [-0.2, 0) is 14.6 Å². The maximum absolute atomic E-state index is 12.7. The molecule has 1 aliphatic heterocycles. The number of amides is 1. The van der Waals surface area contributed by atoms with Gasteiger partial charge in [-0.05, 0) is 24.8 Å². The van der Waals surface area contributed by atoms with Gasteiger partial charge in [0.25, 0.3) is 0 Å². The van der Waals surface area contributed by atoms with Gasteiger partial charge in [0, 0.05) is 38.3 Å². The number of fused-ring (bicyclic) bond motifs is 1. The lowest BCUT2D eigenvalue weighted by Gasteiger charge is -2.44. The van der Waals surface area contributed by atoms with Crippen LogP contribution >= 0.6 is 0 Å². The number of aromatic nitrogens is 3. The van der Waals surface area contributed by atoms with Gasteiger partial charge in [0.1, 0.15) is 17.8 Å². The van der Waals surface area contributed by atoms with Crippen LogP contribution in [0.25, 0.3) is 11.0 Å². The first kappa shape index (κ1) is 19.2. The van der Waals surface area contributed by atoms with Crippen molar-refractivity contribution in [2.75, 3.05) is 30.8 Å². The van der Waals surface area contributed by atoms with E-state index in [0.717, 1.165) is 29.7 Å². The smallest absolute Gasteiger partial charge is 0.225 e. The van der Waals surface area contributed by atoms with Crippen LogP contribution in [0.5, 0.6) is 0 Å². The summed E-state index contributed by atoms with van der Waals surface area (Å²) in [6.07, 6.45) is 5.07. The van der Waals surface area contributed by atoms with E-state index in [4.69, 9.17) is 0 Å². The van der Waals surface area contributed by atoms with Crippen LogP contribution < -0.4 is 4.90 Å². The van der Waals surface area contributed by atoms with E-state index in [2.05, 4.69) is 19.9 Å². The number of likely N-dealkylation sites (tertiary alicyclic amines) is 1. The number of carbonyl (C=O) groups excluding carboxylic acids is 1. The van der Waals surface area contributed by atoms with Gasteiger partial charge in [-0.1, -0.05) is 13.8 Å². The van der Waals surface area contributed by atoms with E-state index in [9.17, 15) is 13.2 Å². The van der Waals surface area contributed by atoms with Crippen LogP contribution in [0.1, 0.15) is 26.7 Å². The molecule has 8 nitrogen and oxygen atoms in total. The highest BCUT2D eigenvalue weighted by Gasteiger charge is 2.43. The Morgan fingerprint density at radius 2 is 2.04 bits per heavy atom. The summed E-state index contributed by atoms with van der Waals surface area (Å²) in [5.41, 5.74) is 0.806. The number of anilines is 1. The molecule has 0 spiro atoms. The predicted molar refractivity (Wildman–Crippen MR) is 108 cm³/mol. The summed E-state index contributed by atoms with van der Waals surface area (Å²) in [4.78, 5) is 27.4. The largest absolute Gasteiger partial charge is 0.356 e. The standard InChI is InChI=1S/C19H27N5O3S/c1-12(2)19(25)24-8-15(9-24)28(26,27)10-13-6-14(7-13)23(3)18-16-4-5-20-17(16)21-11-22-18/h4-5,11-15H,6-10H2,1-3H3,(H,20,21,22). The summed E-state index contributed by atoms with van der Waals surface area (Å²) in [6, 6.07) is 2.25. The molecular formula is C19H27N5O3S. The maximum atomic E-state index is 12.7. The van der Waals surface area contributed by atoms with Crippen molar-refractivity contribution in [2.24, 2.45) is 11.8 Å². The number of carbonyl (C=O) groups is 1. The average molecular weight is 406 g/mol. The lowest BCUT2D eigenvalue weighted by Crippen LogP contribution is -2.59. The molecule has 1 aliphatic carbocycles. The quantitative estimate of drug-likeness (QED) is 0.781. The first-order valence-electron chi connectivity index (χ1n) is 9.77. The number of nitrogens with one attached hydrogen (secondary N) is 1. The van der Waals surface area contributed by atoms with Crippen LogP contribution in [0.4, 0.5) is 5.82 Å². The topological polar surface area (TPSA) is 99.3 Å². The van der Waals surface area contributed by atoms with Gasteiger partial charge in [-0.25, -0.2) is 18.4 Å². The summed E-state index contributed by atoms with van der Waals surface area (Å²) in [7, 11) is -1.15. The fourth-order valence-corrected chi connectivity index (χ4v) is 6.16. The number of rotatable bonds is 6. The van der Waals surface area contributed by atoms with Crippen molar-refractivity contribution in [3.8, 4) is 0 Å². The molecular weight excluding hydrogens is 378 g/mol. The van der Waals surface area contributed by atoms with Crippen molar-refractivity contribution in [3.05, 3.63) is 18.6 Å². The molecule has 0 radical (unpaired) electrons. The zero-order valence-electron chi connectivity index (χ0n) is 16.5. The number of nitrogens with zero attached hydrogens (tertiary/aromatic N) is 4. The normalized spacial score (nSPS) is 22.9. The fraction of sp³-hybridized carbons (Fsp3) is 0.632. The number of hydrogen-bond donors (Lipinski definition) is 1. The molecule has 2 fully saturated rings. The molecule has 1 amide bonds. The second kappa shape index (κ2) is 7.02. The zero-order chi connectivity index (χ0) is 20.1. The SMILES string of the molecule is CC(C)C(=O)N1CC(S(=O)(=O)CC2CC(N(C)c3ncnc4[nH]ccc34)C2)C1. The number of H-pyrrole nitrogens is 1. The molecule has 1 saturated heterocycles. The molecule has 4 rings (SSSR count). The Balaban J connectivity index is 1.31. The van der Waals surface area contributed by atoms with Gasteiger partial charge >= 0.3 is 0 Å². The van der Waals surface area contributed by atoms with Crippen molar-refractivity contribution in [3.63, 3.8) is 0 Å². The summed E-state index contributed by atoms with van der Waals surface area (Å²) in [5.74, 6) is 1.22. The molecule has 1 saturated carbocycles. The minimum absolute atomic E-state index is 0.0395. The third-order valence-electron chi connectivity index (χ3n) is 6.06. The molecule has 3 heterocycles. The minimum Gasteiger partial charge on any atom is -0.356 e. The third-order valence-corrected chi connectivity index (χ3v) is 8.30. The lowest BCUT2D eigenvalue weighted by atomic mass is 9.81. The van der Waals surface area contributed by atoms with E-state index < -0.39 is 15.1 Å². The van der Waals surface area contributed by atoms with Gasteiger partial charge in [0.2, 0.25) is 5.91 Å². The third kappa shape index (κ3) is 3.36. The van der Waals surface area contributed by atoms with Crippen LogP contribution in [-0.4, -0.2) is 71.4 Å². The molecule has 0 unspecified atom stereocenters. The van der Waals surface area contributed by atoms with Crippen molar-refractivity contribution in [1.82, 2.24) is 19.9 Å². The van der Waals surface area contributed by atoms with E-state index in [1.165, 1.54) is 0 Å². The molecule has 1 N–H and O–H groups in total. The minimum atomic E-state index is -3.16. The van der Waals surface area contributed by atoms with Gasteiger partial charge in [-0.15, -0.1) is 0 Å². The molecule has 9 heteroatoms. The average Bonchev–Trinajstić information content (AvgIpc) is 3.04. The van der Waals surface area contributed by atoms with Gasteiger partial charge in [-0.3, -0.25) is 4.79 Å². The van der Waals surface area contributed by atoms with Crippen molar-refractivity contribution < 1.29 is 13.2 Å². The van der Waals surface area contributed by atoms with Crippen LogP contribution in [0.3, 0.4) is 0 Å². The predicted octanol–water partition coefficient (Wildman–Crippen LogP) is 1.45. The summed E-state index contributed by atoms with van der Waals surface area (Å²) >= 11 is 0. The van der Waals surface area contributed by atoms with Gasteiger partial charge in [0.15, 0.2) is 9.84 Å². The number of hydrogen-bond acceptors (Lipinski definition) is 6. The Labute approximate surface area is 165 Å². The van der Waals surface area contributed by atoms with E-state index in [1.807, 2.05) is 33.2 Å². The highest BCUT2D eigenvalue weighted by Crippen LogP contribution is 2.36. The van der Waals surface area contributed by atoms with E-state index in [0.29, 0.717) is 13.1 Å². The first-order chi connectivity index (χ1) is 13.3. The van der Waals surface area contributed by atoms with Crippen LogP contribution in [0.15, 0.2) is 18.6 Å². The highest BCUT2D eigenvalue weighted by atomic mass is 32.2. The number of aromatic amines is 1. The molecule has 152 valence electrons. The Bertz CT molecular complexity index is 974. The van der Waals surface area contributed by atoms with Crippen molar-refractivity contribution in [1.29, 1.82) is 0 Å². The highest BCUT2D eigenvalue weighted by molar-refractivity contribution is 7.92. The zero-order valence-corrected chi connectivity index (χ0v) is 17.3. The Morgan fingerprint density at radius 3 is 2.71 bits per heavy atom. The van der Waals surface area contributed by atoms with Gasteiger partial charge < -0.3 is 14.8 Å². The molecule has 2 aromatic rings. The van der Waals surface area contributed by atoms with Gasteiger partial charge in [0.05, 0.1) is 16.4 Å². The fourth-order valence-electron chi connectivity index (χ4n) is 4.14. The molecule has 0 bridgehead atoms. The molecule has 2 aromatic heterocycles. The number of sulfone groups is 1. The molecule has 2 aliphatic rings. The summed E-state index contributed by atoms with van der Waals surface area (Å²) in [5, 5.41) is 0.582. The maximum Gasteiger partial charge on any atom is 0.225 e. The molecule has 28 heavy (non-hydrogen) atoms. The Kier molecular flexibility index (Phi) is 4.81. The second-order valence-corrected chi connectivity index (χ2v) is 10.7. The molecule has 0 atom stereocenters. The van der Waals surface area contributed by atoms with E-state index in [1.54, 1.807) is 11.2 Å². The monoisotopic (exact) mass is 405 g/mol. The molecule has 0 aromatic carbocycles.